The van der Waals surface area contributed by atoms with E-state index in [2.05, 4.69) is 102 Å². The van der Waals surface area contributed by atoms with Crippen molar-refractivity contribution >= 4 is 16.6 Å². The van der Waals surface area contributed by atoms with E-state index in [1.54, 1.807) is 0 Å². The van der Waals surface area contributed by atoms with Gasteiger partial charge in [-0.1, -0.05) is 143 Å². The molecule has 47 heavy (non-hydrogen) atoms. The van der Waals surface area contributed by atoms with Crippen molar-refractivity contribution in [3.05, 3.63) is 96.1 Å². The number of rotatable bonds is 3. The summed E-state index contributed by atoms with van der Waals surface area (Å²) >= 11 is 0. The van der Waals surface area contributed by atoms with Crippen LogP contribution in [-0.2, 0) is 13.0 Å². The summed E-state index contributed by atoms with van der Waals surface area (Å²) in [5.41, 5.74) is 5.70. The third-order valence-electron chi connectivity index (χ3n) is 6.70. The van der Waals surface area contributed by atoms with Crippen molar-refractivity contribution in [2.75, 3.05) is 0 Å². The zero-order valence-electron chi connectivity index (χ0n) is 29.2. The standard InChI is InChI=1S/C12H13N.C10H16N2.C10H12N2.3C2H6.4CH4/c1-9(2)11-8-7-10-5-3-4-6-12(10)13-11;2*1-8(2)9-7-12-6-4-3-5-10(12)11-9;3*1-2;;;;/h3-9H,1-2H3;7-8H,3-6H2,1-2H3;3-8H,1-2H3;3*1-2H3;4*1H4. The van der Waals surface area contributed by atoms with Crippen LogP contribution in [0.2, 0.25) is 0 Å². The summed E-state index contributed by atoms with van der Waals surface area (Å²) in [6.45, 7) is 26.2. The molecule has 1 aliphatic heterocycles. The van der Waals surface area contributed by atoms with Gasteiger partial charge in [-0.2, -0.15) is 0 Å². The molecule has 0 N–H and O–H groups in total. The molecule has 5 nitrogen and oxygen atoms in total. The van der Waals surface area contributed by atoms with Gasteiger partial charge >= 0.3 is 0 Å². The van der Waals surface area contributed by atoms with Crippen LogP contribution in [0.4, 0.5) is 0 Å². The van der Waals surface area contributed by atoms with Crippen molar-refractivity contribution in [1.82, 2.24) is 23.9 Å². The lowest BCUT2D eigenvalue weighted by molar-refractivity contribution is 0.522. The molecule has 0 fully saturated rings. The van der Waals surface area contributed by atoms with Crippen molar-refractivity contribution in [3.63, 3.8) is 0 Å². The highest BCUT2D eigenvalue weighted by molar-refractivity contribution is 5.78. The Morgan fingerprint density at radius 2 is 1.11 bits per heavy atom. The van der Waals surface area contributed by atoms with Crippen molar-refractivity contribution in [3.8, 4) is 0 Å². The molecule has 0 aliphatic carbocycles. The fourth-order valence-corrected chi connectivity index (χ4v) is 4.35. The number of aromatic nitrogens is 5. The normalized spacial score (nSPS) is 10.5. The molecule has 268 valence electrons. The second kappa shape index (κ2) is 27.6. The van der Waals surface area contributed by atoms with E-state index < -0.39 is 0 Å². The first-order valence-corrected chi connectivity index (χ1v) is 16.7. The van der Waals surface area contributed by atoms with Gasteiger partial charge in [-0.05, 0) is 54.9 Å². The van der Waals surface area contributed by atoms with Crippen LogP contribution in [0.25, 0.3) is 16.6 Å². The molecular weight excluding hydrogens is 574 g/mol. The van der Waals surface area contributed by atoms with Crippen molar-refractivity contribution in [2.45, 2.75) is 156 Å². The molecular formula is C42H75N5. The van der Waals surface area contributed by atoms with Gasteiger partial charge in [-0.25, -0.2) is 9.97 Å². The lowest BCUT2D eigenvalue weighted by Gasteiger charge is -2.11. The largest absolute Gasteiger partial charge is 0.335 e. The summed E-state index contributed by atoms with van der Waals surface area (Å²) in [5, 5.41) is 1.21. The van der Waals surface area contributed by atoms with Crippen molar-refractivity contribution in [1.29, 1.82) is 0 Å². The van der Waals surface area contributed by atoms with Gasteiger partial charge in [0.2, 0.25) is 0 Å². The molecule has 5 heteroatoms. The number of fused-ring (bicyclic) bond motifs is 3. The van der Waals surface area contributed by atoms with Crippen molar-refractivity contribution < 1.29 is 0 Å². The summed E-state index contributed by atoms with van der Waals surface area (Å²) in [4.78, 5) is 13.7. The molecule has 0 bridgehead atoms. The zero-order valence-corrected chi connectivity index (χ0v) is 29.2. The minimum atomic E-state index is 0. The van der Waals surface area contributed by atoms with E-state index in [-0.39, 0.29) is 29.7 Å². The number of imidazole rings is 2. The molecule has 0 radical (unpaired) electrons. The Labute approximate surface area is 292 Å². The summed E-state index contributed by atoms with van der Waals surface area (Å²) in [5.74, 6) is 2.88. The highest BCUT2D eigenvalue weighted by atomic mass is 15.1. The molecule has 0 unspecified atom stereocenters. The fourth-order valence-electron chi connectivity index (χ4n) is 4.35. The number of benzene rings is 1. The van der Waals surface area contributed by atoms with E-state index in [1.165, 1.54) is 48.4 Å². The van der Waals surface area contributed by atoms with Gasteiger partial charge in [-0.15, -0.1) is 0 Å². The topological polar surface area (TPSA) is 48.0 Å². The average molecular weight is 650 g/mol. The van der Waals surface area contributed by atoms with Crippen LogP contribution in [0.3, 0.4) is 0 Å². The van der Waals surface area contributed by atoms with Crippen molar-refractivity contribution in [2.24, 2.45) is 0 Å². The monoisotopic (exact) mass is 650 g/mol. The Morgan fingerprint density at radius 1 is 0.553 bits per heavy atom. The van der Waals surface area contributed by atoms with Crippen LogP contribution in [0.15, 0.2) is 73.2 Å². The Morgan fingerprint density at radius 3 is 1.66 bits per heavy atom. The molecule has 1 aromatic carbocycles. The Hall–Kier alpha value is -3.47. The lowest BCUT2D eigenvalue weighted by Crippen LogP contribution is -2.08. The Bertz CT molecular complexity index is 1370. The lowest BCUT2D eigenvalue weighted by atomic mass is 10.1. The van der Waals surface area contributed by atoms with Gasteiger partial charge < -0.3 is 8.97 Å². The average Bonchev–Trinajstić information content (AvgIpc) is 3.70. The molecule has 5 aromatic rings. The first kappa shape index (κ1) is 50.4. The van der Waals surface area contributed by atoms with E-state index in [0.29, 0.717) is 17.8 Å². The zero-order chi connectivity index (χ0) is 32.4. The van der Waals surface area contributed by atoms with Gasteiger partial charge in [0.25, 0.3) is 0 Å². The minimum absolute atomic E-state index is 0. The van der Waals surface area contributed by atoms with E-state index in [1.807, 2.05) is 78.1 Å². The molecule has 5 heterocycles. The highest BCUT2D eigenvalue weighted by Gasteiger charge is 2.13. The number of hydrogen-bond acceptors (Lipinski definition) is 3. The summed E-state index contributed by atoms with van der Waals surface area (Å²) < 4.78 is 4.37. The number of hydrogen-bond donors (Lipinski definition) is 0. The molecule has 0 atom stereocenters. The SMILES string of the molecule is C.C.C.C.CC.CC.CC.CC(C)c1ccc2ccccc2n1.CC(C)c1cn2c(n1)CCCC2.CC(C)c1cn2ccccc2n1. The summed E-state index contributed by atoms with van der Waals surface area (Å²) in [7, 11) is 0. The van der Waals surface area contributed by atoms with Crippen LogP contribution < -0.4 is 0 Å². The fraction of sp³-hybridized carbons (Fsp3) is 0.548. The van der Waals surface area contributed by atoms with Gasteiger partial charge in [0.1, 0.15) is 11.5 Å². The van der Waals surface area contributed by atoms with Crippen LogP contribution >= 0.6 is 0 Å². The number of pyridine rings is 2. The Balaban J connectivity index is -0.000000263. The Kier molecular flexibility index (Phi) is 29.6. The van der Waals surface area contributed by atoms with Gasteiger partial charge in [-0.3, -0.25) is 4.98 Å². The second-order valence-corrected chi connectivity index (χ2v) is 10.8. The maximum atomic E-state index is 4.61. The van der Waals surface area contributed by atoms with E-state index in [9.17, 15) is 0 Å². The molecule has 0 saturated carbocycles. The predicted molar refractivity (Wildman–Crippen MR) is 215 cm³/mol. The predicted octanol–water partition coefficient (Wildman–Crippen LogP) is 13.8. The molecule has 0 amide bonds. The molecule has 6 rings (SSSR count). The van der Waals surface area contributed by atoms with E-state index in [4.69, 9.17) is 0 Å². The van der Waals surface area contributed by atoms with Crippen LogP contribution in [0.1, 0.15) is 166 Å². The molecule has 4 aromatic heterocycles. The van der Waals surface area contributed by atoms with E-state index >= 15 is 0 Å². The molecule has 0 spiro atoms. The first-order valence-electron chi connectivity index (χ1n) is 16.7. The van der Waals surface area contributed by atoms with Gasteiger partial charge in [0, 0.05) is 42.6 Å². The maximum Gasteiger partial charge on any atom is 0.136 e. The van der Waals surface area contributed by atoms with Crippen LogP contribution in [0, 0.1) is 0 Å². The summed E-state index contributed by atoms with van der Waals surface area (Å²) in [6.07, 6.45) is 10.1. The minimum Gasteiger partial charge on any atom is -0.335 e. The highest BCUT2D eigenvalue weighted by Crippen LogP contribution is 2.19. The third kappa shape index (κ3) is 15.8. The maximum absolute atomic E-state index is 4.61. The van der Waals surface area contributed by atoms with Crippen LogP contribution in [0.5, 0.6) is 0 Å². The second-order valence-electron chi connectivity index (χ2n) is 10.8. The molecule has 0 saturated heterocycles. The third-order valence-corrected chi connectivity index (χ3v) is 6.70. The summed E-state index contributed by atoms with van der Waals surface area (Å²) in [6, 6.07) is 18.5. The number of aryl methyl sites for hydroxylation is 2. The first-order chi connectivity index (χ1) is 20.8. The number of nitrogens with zero attached hydrogens (tertiary/aromatic N) is 5. The quantitative estimate of drug-likeness (QED) is 0.195. The number of para-hydroxylation sites is 1. The van der Waals surface area contributed by atoms with Gasteiger partial charge in [0.05, 0.1) is 16.9 Å². The van der Waals surface area contributed by atoms with Gasteiger partial charge in [0.15, 0.2) is 0 Å². The van der Waals surface area contributed by atoms with E-state index in [0.717, 1.165) is 16.9 Å². The molecule has 1 aliphatic rings. The van der Waals surface area contributed by atoms with Crippen LogP contribution in [-0.4, -0.2) is 23.9 Å². The smallest absolute Gasteiger partial charge is 0.136 e.